The average Bonchev–Trinajstić information content (AvgIpc) is 2.37. The Balaban J connectivity index is 2.78. The summed E-state index contributed by atoms with van der Waals surface area (Å²) in [4.78, 5) is 7.16. The van der Waals surface area contributed by atoms with Crippen molar-refractivity contribution >= 4 is 23.5 Å². The Morgan fingerprint density at radius 3 is 2.65 bits per heavy atom. The van der Waals surface area contributed by atoms with Gasteiger partial charge in [-0.3, -0.25) is 5.43 Å². The number of nitrogens with two attached hydrogens (primary N) is 1. The van der Waals surface area contributed by atoms with Gasteiger partial charge in [-0.25, -0.2) is 10.8 Å². The molecule has 1 aromatic rings. The van der Waals surface area contributed by atoms with Crippen LogP contribution in [0.15, 0.2) is 6.07 Å². The molecule has 0 radical (unpaired) electrons. The van der Waals surface area contributed by atoms with E-state index in [-0.39, 0.29) is 17.8 Å². The molecule has 0 saturated carbocycles. The number of aromatic nitrogens is 2. The Morgan fingerprint density at radius 2 is 2.10 bits per heavy atom. The predicted molar refractivity (Wildman–Crippen MR) is 75.5 cm³/mol. The SMILES string of the molecule is CCSCCC(C)Nc1cc(C(F)(F)F)nc(NN)n1. The van der Waals surface area contributed by atoms with Crippen LogP contribution in [-0.2, 0) is 6.18 Å². The highest BCUT2D eigenvalue weighted by molar-refractivity contribution is 7.99. The summed E-state index contributed by atoms with van der Waals surface area (Å²) in [7, 11) is 0. The summed E-state index contributed by atoms with van der Waals surface area (Å²) in [6, 6.07) is 0.889. The second-order valence-electron chi connectivity index (χ2n) is 4.14. The minimum atomic E-state index is -4.54. The first-order chi connectivity index (χ1) is 9.36. The second kappa shape index (κ2) is 7.53. The number of hydrogen-bond donors (Lipinski definition) is 3. The molecule has 1 unspecified atom stereocenters. The van der Waals surface area contributed by atoms with Crippen LogP contribution in [0.1, 0.15) is 26.0 Å². The standard InChI is InChI=1S/C11H18F3N5S/c1-3-20-5-4-7(2)16-9-6-8(11(12,13)14)17-10(18-9)19-15/h6-7H,3-5,15H2,1-2H3,(H2,16,17,18,19). The van der Waals surface area contributed by atoms with E-state index in [1.807, 2.05) is 12.3 Å². The van der Waals surface area contributed by atoms with Crippen LogP contribution in [0.2, 0.25) is 0 Å². The lowest BCUT2D eigenvalue weighted by molar-refractivity contribution is -0.141. The second-order valence-corrected chi connectivity index (χ2v) is 5.53. The lowest BCUT2D eigenvalue weighted by Gasteiger charge is -2.16. The number of nitrogens with one attached hydrogen (secondary N) is 2. The first-order valence-corrected chi connectivity index (χ1v) is 7.29. The van der Waals surface area contributed by atoms with Crippen molar-refractivity contribution in [2.45, 2.75) is 32.5 Å². The predicted octanol–water partition coefficient (Wildman–Crippen LogP) is 2.72. The minimum Gasteiger partial charge on any atom is -0.367 e. The third-order valence-electron chi connectivity index (χ3n) is 2.44. The molecule has 1 heterocycles. The van der Waals surface area contributed by atoms with Gasteiger partial charge >= 0.3 is 6.18 Å². The first-order valence-electron chi connectivity index (χ1n) is 6.14. The molecule has 0 fully saturated rings. The fraction of sp³-hybridized carbons (Fsp3) is 0.636. The van der Waals surface area contributed by atoms with E-state index in [0.29, 0.717) is 0 Å². The molecular formula is C11H18F3N5S. The molecule has 9 heteroatoms. The van der Waals surface area contributed by atoms with Gasteiger partial charge in [0.15, 0.2) is 5.69 Å². The number of rotatable bonds is 7. The van der Waals surface area contributed by atoms with Crippen LogP contribution in [-0.4, -0.2) is 27.5 Å². The van der Waals surface area contributed by atoms with Gasteiger partial charge in [0.05, 0.1) is 0 Å². The van der Waals surface area contributed by atoms with Crippen molar-refractivity contribution in [2.24, 2.45) is 5.84 Å². The van der Waals surface area contributed by atoms with Gasteiger partial charge in [0, 0.05) is 12.1 Å². The molecule has 1 rings (SSSR count). The number of thioether (sulfide) groups is 1. The van der Waals surface area contributed by atoms with E-state index >= 15 is 0 Å². The van der Waals surface area contributed by atoms with Gasteiger partial charge in [-0.15, -0.1) is 0 Å². The van der Waals surface area contributed by atoms with E-state index in [2.05, 4.69) is 22.2 Å². The quantitative estimate of drug-likeness (QED) is 0.408. The number of nitrogens with zero attached hydrogens (tertiary/aromatic N) is 2. The zero-order chi connectivity index (χ0) is 15.2. The van der Waals surface area contributed by atoms with Gasteiger partial charge in [0.25, 0.3) is 0 Å². The maximum Gasteiger partial charge on any atom is 0.433 e. The fourth-order valence-electron chi connectivity index (χ4n) is 1.46. The van der Waals surface area contributed by atoms with Crippen molar-refractivity contribution in [2.75, 3.05) is 22.2 Å². The Bertz CT molecular complexity index is 427. The Morgan fingerprint density at radius 1 is 1.40 bits per heavy atom. The summed E-state index contributed by atoms with van der Waals surface area (Å²) in [5.41, 5.74) is 1.01. The summed E-state index contributed by atoms with van der Waals surface area (Å²) in [6.45, 7) is 3.95. The Labute approximate surface area is 119 Å². The summed E-state index contributed by atoms with van der Waals surface area (Å²) < 4.78 is 38.0. The van der Waals surface area contributed by atoms with Gasteiger partial charge < -0.3 is 5.32 Å². The molecule has 0 spiro atoms. The molecule has 0 aliphatic rings. The molecule has 0 aliphatic carbocycles. The van der Waals surface area contributed by atoms with E-state index in [0.717, 1.165) is 24.0 Å². The van der Waals surface area contributed by atoms with E-state index in [9.17, 15) is 13.2 Å². The molecule has 0 saturated heterocycles. The monoisotopic (exact) mass is 309 g/mol. The Kier molecular flexibility index (Phi) is 6.34. The van der Waals surface area contributed by atoms with E-state index in [1.165, 1.54) is 0 Å². The van der Waals surface area contributed by atoms with Crippen LogP contribution in [0.4, 0.5) is 24.9 Å². The Hall–Kier alpha value is -1.22. The topological polar surface area (TPSA) is 75.9 Å². The van der Waals surface area contributed by atoms with Crippen molar-refractivity contribution in [3.05, 3.63) is 11.8 Å². The fourth-order valence-corrected chi connectivity index (χ4v) is 2.27. The van der Waals surface area contributed by atoms with Crippen molar-refractivity contribution in [3.63, 3.8) is 0 Å². The van der Waals surface area contributed by atoms with E-state index in [4.69, 9.17) is 5.84 Å². The molecule has 4 N–H and O–H groups in total. The maximum absolute atomic E-state index is 12.7. The number of hydrogen-bond acceptors (Lipinski definition) is 6. The highest BCUT2D eigenvalue weighted by Gasteiger charge is 2.33. The summed E-state index contributed by atoms with van der Waals surface area (Å²) >= 11 is 1.78. The van der Waals surface area contributed by atoms with Gasteiger partial charge in [-0.05, 0) is 24.9 Å². The zero-order valence-corrected chi connectivity index (χ0v) is 12.1. The smallest absolute Gasteiger partial charge is 0.367 e. The maximum atomic E-state index is 12.7. The lowest BCUT2D eigenvalue weighted by Crippen LogP contribution is -2.20. The van der Waals surface area contributed by atoms with Gasteiger partial charge in [0.2, 0.25) is 5.95 Å². The molecule has 0 aromatic carbocycles. The van der Waals surface area contributed by atoms with Gasteiger partial charge in [0.1, 0.15) is 5.82 Å². The molecular weight excluding hydrogens is 291 g/mol. The molecule has 114 valence electrons. The molecule has 1 aromatic heterocycles. The zero-order valence-electron chi connectivity index (χ0n) is 11.3. The van der Waals surface area contributed by atoms with Crippen molar-refractivity contribution < 1.29 is 13.2 Å². The first kappa shape index (κ1) is 16.8. The molecule has 0 amide bonds. The average molecular weight is 309 g/mol. The number of alkyl halides is 3. The van der Waals surface area contributed by atoms with Gasteiger partial charge in [-0.2, -0.15) is 29.9 Å². The highest BCUT2D eigenvalue weighted by Crippen LogP contribution is 2.29. The molecule has 5 nitrogen and oxygen atoms in total. The summed E-state index contributed by atoms with van der Waals surface area (Å²) in [6.07, 6.45) is -3.71. The van der Waals surface area contributed by atoms with Crippen LogP contribution in [0, 0.1) is 0 Å². The molecule has 0 bridgehead atoms. The van der Waals surface area contributed by atoms with E-state index < -0.39 is 11.9 Å². The van der Waals surface area contributed by atoms with Crippen LogP contribution in [0.25, 0.3) is 0 Å². The molecule has 20 heavy (non-hydrogen) atoms. The van der Waals surface area contributed by atoms with Gasteiger partial charge in [-0.1, -0.05) is 6.92 Å². The van der Waals surface area contributed by atoms with Crippen molar-refractivity contribution in [3.8, 4) is 0 Å². The van der Waals surface area contributed by atoms with E-state index in [1.54, 1.807) is 11.8 Å². The van der Waals surface area contributed by atoms with Crippen LogP contribution >= 0.6 is 11.8 Å². The number of halogens is 3. The van der Waals surface area contributed by atoms with Crippen LogP contribution in [0.5, 0.6) is 0 Å². The normalized spacial score (nSPS) is 13.1. The van der Waals surface area contributed by atoms with Crippen LogP contribution < -0.4 is 16.6 Å². The summed E-state index contributed by atoms with van der Waals surface area (Å²) in [5.74, 6) is 6.87. The van der Waals surface area contributed by atoms with Crippen LogP contribution in [0.3, 0.4) is 0 Å². The van der Waals surface area contributed by atoms with Crippen molar-refractivity contribution in [1.82, 2.24) is 9.97 Å². The molecule has 1 atom stereocenters. The third kappa shape index (κ3) is 5.41. The number of hydrazine groups is 1. The number of anilines is 2. The lowest BCUT2D eigenvalue weighted by atomic mass is 10.2. The largest absolute Gasteiger partial charge is 0.433 e. The highest BCUT2D eigenvalue weighted by atomic mass is 32.2. The third-order valence-corrected chi connectivity index (χ3v) is 3.37. The number of nitrogen functional groups attached to an aromatic ring is 1. The minimum absolute atomic E-state index is 0.00987. The molecule has 0 aliphatic heterocycles. The van der Waals surface area contributed by atoms with Crippen molar-refractivity contribution in [1.29, 1.82) is 0 Å². The summed E-state index contributed by atoms with van der Waals surface area (Å²) in [5, 5.41) is 2.93.